The Bertz CT molecular complexity index is 387. The van der Waals surface area contributed by atoms with E-state index in [2.05, 4.69) is 5.32 Å². The number of nitrogens with one attached hydrogen (secondary N) is 1. The first kappa shape index (κ1) is 15.5. The Hall–Kier alpha value is -1.55. The molecular weight excluding hydrogens is 242 g/mol. The van der Waals surface area contributed by atoms with Gasteiger partial charge in [-0.25, -0.2) is 0 Å². The van der Waals surface area contributed by atoms with Crippen LogP contribution in [0.5, 0.6) is 5.75 Å². The molecule has 0 saturated carbocycles. The zero-order chi connectivity index (χ0) is 14.3. The van der Waals surface area contributed by atoms with Gasteiger partial charge in [0.15, 0.2) is 0 Å². The molecule has 0 fully saturated rings. The SMILES string of the molecule is CCOc1ccc(CC(CC(=O)O)NC(C)C)cc1. The number of carboxylic acid groups (broad SMARTS) is 1. The van der Waals surface area contributed by atoms with E-state index in [1.807, 2.05) is 45.0 Å². The van der Waals surface area contributed by atoms with Gasteiger partial charge in [0, 0.05) is 12.1 Å². The highest BCUT2D eigenvalue weighted by Gasteiger charge is 2.14. The molecular formula is C15H23NO3. The Morgan fingerprint density at radius 3 is 2.42 bits per heavy atom. The van der Waals surface area contributed by atoms with E-state index in [1.165, 1.54) is 0 Å². The van der Waals surface area contributed by atoms with Crippen LogP contribution in [0.2, 0.25) is 0 Å². The van der Waals surface area contributed by atoms with E-state index >= 15 is 0 Å². The van der Waals surface area contributed by atoms with E-state index in [9.17, 15) is 4.79 Å². The first-order valence-electron chi connectivity index (χ1n) is 6.70. The molecule has 0 saturated heterocycles. The van der Waals surface area contributed by atoms with Crippen LogP contribution in [0.4, 0.5) is 0 Å². The van der Waals surface area contributed by atoms with Crippen molar-refractivity contribution in [1.82, 2.24) is 5.32 Å². The normalized spacial score (nSPS) is 12.4. The van der Waals surface area contributed by atoms with E-state index in [1.54, 1.807) is 0 Å². The van der Waals surface area contributed by atoms with Gasteiger partial charge in [0.1, 0.15) is 5.75 Å². The first-order chi connectivity index (χ1) is 9.01. The summed E-state index contributed by atoms with van der Waals surface area (Å²) in [5, 5.41) is 12.2. The number of aliphatic carboxylic acids is 1. The van der Waals surface area contributed by atoms with Crippen LogP contribution in [0.1, 0.15) is 32.8 Å². The lowest BCUT2D eigenvalue weighted by atomic mass is 10.0. The lowest BCUT2D eigenvalue weighted by molar-refractivity contribution is -0.137. The van der Waals surface area contributed by atoms with Crippen LogP contribution >= 0.6 is 0 Å². The minimum atomic E-state index is -0.774. The van der Waals surface area contributed by atoms with Crippen LogP contribution in [0.25, 0.3) is 0 Å². The lowest BCUT2D eigenvalue weighted by Gasteiger charge is -2.19. The van der Waals surface area contributed by atoms with Crippen molar-refractivity contribution in [3.05, 3.63) is 29.8 Å². The molecule has 0 heterocycles. The smallest absolute Gasteiger partial charge is 0.304 e. The predicted molar refractivity (Wildman–Crippen MR) is 75.6 cm³/mol. The fraction of sp³-hybridized carbons (Fsp3) is 0.533. The third-order valence-electron chi connectivity index (χ3n) is 2.71. The van der Waals surface area contributed by atoms with Crippen LogP contribution in [-0.4, -0.2) is 29.8 Å². The van der Waals surface area contributed by atoms with Crippen LogP contribution < -0.4 is 10.1 Å². The molecule has 0 amide bonds. The second-order valence-electron chi connectivity index (χ2n) is 4.90. The number of benzene rings is 1. The second-order valence-corrected chi connectivity index (χ2v) is 4.90. The summed E-state index contributed by atoms with van der Waals surface area (Å²) in [6.45, 7) is 6.64. The minimum Gasteiger partial charge on any atom is -0.494 e. The maximum absolute atomic E-state index is 10.9. The van der Waals surface area contributed by atoms with Crippen molar-refractivity contribution in [2.75, 3.05) is 6.61 Å². The summed E-state index contributed by atoms with van der Waals surface area (Å²) in [4.78, 5) is 10.9. The molecule has 106 valence electrons. The summed E-state index contributed by atoms with van der Waals surface area (Å²) in [6.07, 6.45) is 0.836. The van der Waals surface area contributed by atoms with Gasteiger partial charge in [-0.15, -0.1) is 0 Å². The van der Waals surface area contributed by atoms with Crippen LogP contribution in [0.15, 0.2) is 24.3 Å². The largest absolute Gasteiger partial charge is 0.494 e. The average Bonchev–Trinajstić information content (AvgIpc) is 2.30. The molecule has 0 bridgehead atoms. The molecule has 1 aromatic carbocycles. The van der Waals surface area contributed by atoms with Gasteiger partial charge in [0.05, 0.1) is 13.0 Å². The van der Waals surface area contributed by atoms with Gasteiger partial charge in [0.2, 0.25) is 0 Å². The number of hydrogen-bond acceptors (Lipinski definition) is 3. The molecule has 4 heteroatoms. The Balaban J connectivity index is 2.64. The number of carboxylic acids is 1. The van der Waals surface area contributed by atoms with E-state index in [-0.39, 0.29) is 18.5 Å². The van der Waals surface area contributed by atoms with Gasteiger partial charge in [-0.3, -0.25) is 4.79 Å². The summed E-state index contributed by atoms with van der Waals surface area (Å²) < 4.78 is 5.39. The van der Waals surface area contributed by atoms with Crippen molar-refractivity contribution in [3.8, 4) is 5.75 Å². The molecule has 1 atom stereocenters. The monoisotopic (exact) mass is 265 g/mol. The fourth-order valence-corrected chi connectivity index (χ4v) is 2.05. The topological polar surface area (TPSA) is 58.6 Å². The molecule has 4 nitrogen and oxygen atoms in total. The number of hydrogen-bond donors (Lipinski definition) is 2. The number of ether oxygens (including phenoxy) is 1. The Morgan fingerprint density at radius 2 is 1.95 bits per heavy atom. The van der Waals surface area contributed by atoms with E-state index < -0.39 is 5.97 Å². The number of rotatable bonds is 8. The van der Waals surface area contributed by atoms with Crippen molar-refractivity contribution in [3.63, 3.8) is 0 Å². The van der Waals surface area contributed by atoms with Gasteiger partial charge < -0.3 is 15.2 Å². The highest BCUT2D eigenvalue weighted by atomic mass is 16.5. The molecule has 19 heavy (non-hydrogen) atoms. The molecule has 0 radical (unpaired) electrons. The Kier molecular flexibility index (Phi) is 6.36. The molecule has 2 N–H and O–H groups in total. The zero-order valence-electron chi connectivity index (χ0n) is 11.8. The lowest BCUT2D eigenvalue weighted by Crippen LogP contribution is -2.38. The molecule has 0 aromatic heterocycles. The van der Waals surface area contributed by atoms with Crippen molar-refractivity contribution in [2.24, 2.45) is 0 Å². The Labute approximate surface area is 114 Å². The highest BCUT2D eigenvalue weighted by molar-refractivity contribution is 5.67. The Morgan fingerprint density at radius 1 is 1.32 bits per heavy atom. The fourth-order valence-electron chi connectivity index (χ4n) is 2.05. The standard InChI is InChI=1S/C15H23NO3/c1-4-19-14-7-5-12(6-8-14)9-13(10-15(17)18)16-11(2)3/h5-8,11,13,16H,4,9-10H2,1-3H3,(H,17,18). The van der Waals surface area contributed by atoms with E-state index in [4.69, 9.17) is 9.84 Å². The summed E-state index contributed by atoms with van der Waals surface area (Å²) in [6, 6.07) is 8.05. The summed E-state index contributed by atoms with van der Waals surface area (Å²) in [7, 11) is 0. The average molecular weight is 265 g/mol. The van der Waals surface area contributed by atoms with Gasteiger partial charge in [0.25, 0.3) is 0 Å². The maximum Gasteiger partial charge on any atom is 0.304 e. The third-order valence-corrected chi connectivity index (χ3v) is 2.71. The van der Waals surface area contributed by atoms with Gasteiger partial charge in [-0.05, 0) is 31.0 Å². The van der Waals surface area contributed by atoms with E-state index in [0.29, 0.717) is 13.0 Å². The molecule has 1 aromatic rings. The van der Waals surface area contributed by atoms with Crippen LogP contribution in [0, 0.1) is 0 Å². The van der Waals surface area contributed by atoms with Gasteiger partial charge in [-0.2, -0.15) is 0 Å². The van der Waals surface area contributed by atoms with Crippen molar-refractivity contribution < 1.29 is 14.6 Å². The maximum atomic E-state index is 10.9. The third kappa shape index (κ3) is 6.25. The number of carbonyl (C=O) groups is 1. The molecule has 0 aliphatic carbocycles. The molecule has 1 rings (SSSR count). The summed E-state index contributed by atoms with van der Waals surface area (Å²) in [5.41, 5.74) is 1.11. The van der Waals surface area contributed by atoms with Crippen LogP contribution in [-0.2, 0) is 11.2 Å². The second kappa shape index (κ2) is 7.79. The van der Waals surface area contributed by atoms with Gasteiger partial charge >= 0.3 is 5.97 Å². The molecule has 1 unspecified atom stereocenters. The van der Waals surface area contributed by atoms with Crippen molar-refractivity contribution in [1.29, 1.82) is 0 Å². The van der Waals surface area contributed by atoms with Crippen molar-refractivity contribution in [2.45, 2.75) is 45.7 Å². The minimum absolute atomic E-state index is 0.0459. The first-order valence-corrected chi connectivity index (χ1v) is 6.70. The quantitative estimate of drug-likeness (QED) is 0.758. The highest BCUT2D eigenvalue weighted by Crippen LogP contribution is 2.14. The van der Waals surface area contributed by atoms with Crippen LogP contribution in [0.3, 0.4) is 0 Å². The molecule has 0 spiro atoms. The molecule has 0 aliphatic heterocycles. The van der Waals surface area contributed by atoms with Crippen molar-refractivity contribution >= 4 is 5.97 Å². The van der Waals surface area contributed by atoms with Gasteiger partial charge in [-0.1, -0.05) is 26.0 Å². The van der Waals surface area contributed by atoms with E-state index in [0.717, 1.165) is 11.3 Å². The summed E-state index contributed by atoms with van der Waals surface area (Å²) in [5.74, 6) is 0.0712. The predicted octanol–water partition coefficient (Wildman–Crippen LogP) is 2.47. The summed E-state index contributed by atoms with van der Waals surface area (Å²) >= 11 is 0. The molecule has 0 aliphatic rings. The zero-order valence-corrected chi connectivity index (χ0v) is 11.8.